The van der Waals surface area contributed by atoms with Crippen molar-refractivity contribution < 1.29 is 13.2 Å². The van der Waals surface area contributed by atoms with Gasteiger partial charge in [0.05, 0.1) is 28.3 Å². The van der Waals surface area contributed by atoms with Crippen LogP contribution in [0.5, 0.6) is 0 Å². The maximum Gasteiger partial charge on any atom is 0.273 e. The summed E-state index contributed by atoms with van der Waals surface area (Å²) in [5, 5.41) is 5.90. The second kappa shape index (κ2) is 8.04. The van der Waals surface area contributed by atoms with Crippen molar-refractivity contribution in [3.8, 4) is 0 Å². The minimum atomic E-state index is -3.28. The molecule has 2 aromatic carbocycles. The van der Waals surface area contributed by atoms with Crippen LogP contribution < -0.4 is 16.4 Å². The number of carbonyl (C=O) groups excluding carboxylic acids is 1. The molecule has 1 amide bonds. The van der Waals surface area contributed by atoms with Gasteiger partial charge in [-0.15, -0.1) is 0 Å². The molecule has 29 heavy (non-hydrogen) atoms. The summed E-state index contributed by atoms with van der Waals surface area (Å²) in [5.74, 6) is -0.300. The molecular weight excluding hydrogens is 394 g/mol. The zero-order valence-corrected chi connectivity index (χ0v) is 16.8. The van der Waals surface area contributed by atoms with Crippen LogP contribution in [0.4, 0.5) is 0 Å². The minimum Gasteiger partial charge on any atom is -0.350 e. The molecule has 0 radical (unpaired) electrons. The van der Waals surface area contributed by atoms with E-state index in [4.69, 9.17) is 0 Å². The number of nitrogens with zero attached hydrogens (tertiary/aromatic N) is 1. The van der Waals surface area contributed by atoms with Crippen molar-refractivity contribution >= 4 is 26.5 Å². The number of hydrogen-bond acceptors (Lipinski definition) is 5. The van der Waals surface area contributed by atoms with Gasteiger partial charge in [0.1, 0.15) is 0 Å². The standard InChI is InChI=1S/C20H21N3O5S/c1-13(14-7-9-15(10-8-14)29(2,27)28)21-18(24)11-12-23-20(26)17-6-4-3-5-16(17)19(25)22-23/h3-10,13H,11-12H2,1-2H3,(H,21,24)(H,22,25). The highest BCUT2D eigenvalue weighted by Crippen LogP contribution is 2.16. The van der Waals surface area contributed by atoms with Gasteiger partial charge in [-0.3, -0.25) is 19.5 Å². The van der Waals surface area contributed by atoms with Crippen LogP contribution in [0.15, 0.2) is 63.0 Å². The molecule has 0 aliphatic heterocycles. The number of H-pyrrole nitrogens is 1. The van der Waals surface area contributed by atoms with Gasteiger partial charge in [0, 0.05) is 12.7 Å². The summed E-state index contributed by atoms with van der Waals surface area (Å²) in [6, 6.07) is 12.4. The van der Waals surface area contributed by atoms with Gasteiger partial charge in [-0.1, -0.05) is 24.3 Å². The Morgan fingerprint density at radius 2 is 1.69 bits per heavy atom. The number of aryl methyl sites for hydroxylation is 1. The van der Waals surface area contributed by atoms with E-state index in [1.165, 1.54) is 12.1 Å². The smallest absolute Gasteiger partial charge is 0.273 e. The van der Waals surface area contributed by atoms with Crippen LogP contribution in [0.1, 0.15) is 24.9 Å². The van der Waals surface area contributed by atoms with E-state index < -0.39 is 9.84 Å². The quantitative estimate of drug-likeness (QED) is 0.630. The average molecular weight is 415 g/mol. The molecule has 0 aliphatic rings. The first-order valence-corrected chi connectivity index (χ1v) is 10.9. The molecular formula is C20H21N3O5S. The van der Waals surface area contributed by atoms with Crippen molar-refractivity contribution in [3.05, 3.63) is 74.8 Å². The monoisotopic (exact) mass is 415 g/mol. The number of amides is 1. The third-order valence-electron chi connectivity index (χ3n) is 4.63. The Kier molecular flexibility index (Phi) is 5.69. The summed E-state index contributed by atoms with van der Waals surface area (Å²) >= 11 is 0. The Morgan fingerprint density at radius 3 is 2.31 bits per heavy atom. The number of aromatic nitrogens is 2. The molecule has 0 saturated heterocycles. The predicted molar refractivity (Wildman–Crippen MR) is 110 cm³/mol. The summed E-state index contributed by atoms with van der Waals surface area (Å²) in [6.07, 6.45) is 1.13. The number of fused-ring (bicyclic) bond motifs is 1. The fourth-order valence-electron chi connectivity index (χ4n) is 3.02. The number of carbonyl (C=O) groups is 1. The molecule has 0 spiro atoms. The highest BCUT2D eigenvalue weighted by atomic mass is 32.2. The lowest BCUT2D eigenvalue weighted by molar-refractivity contribution is -0.122. The summed E-state index contributed by atoms with van der Waals surface area (Å²) in [7, 11) is -3.28. The van der Waals surface area contributed by atoms with E-state index in [0.29, 0.717) is 10.8 Å². The maximum absolute atomic E-state index is 12.5. The molecule has 152 valence electrons. The first kappa shape index (κ1) is 20.5. The van der Waals surface area contributed by atoms with Crippen molar-refractivity contribution in [1.29, 1.82) is 0 Å². The molecule has 0 fully saturated rings. The minimum absolute atomic E-state index is 0.0000499. The highest BCUT2D eigenvalue weighted by molar-refractivity contribution is 7.90. The van der Waals surface area contributed by atoms with E-state index >= 15 is 0 Å². The van der Waals surface area contributed by atoms with E-state index in [1.807, 2.05) is 0 Å². The van der Waals surface area contributed by atoms with Crippen molar-refractivity contribution in [1.82, 2.24) is 15.1 Å². The molecule has 0 bridgehead atoms. The molecule has 1 heterocycles. The van der Waals surface area contributed by atoms with Crippen LogP contribution in [0, 0.1) is 0 Å². The number of benzene rings is 2. The van der Waals surface area contributed by atoms with Crippen LogP contribution in [0.2, 0.25) is 0 Å². The number of hydrogen-bond donors (Lipinski definition) is 2. The van der Waals surface area contributed by atoms with Gasteiger partial charge in [-0.2, -0.15) is 0 Å². The summed E-state index contributed by atoms with van der Waals surface area (Å²) < 4.78 is 24.2. The lowest BCUT2D eigenvalue weighted by atomic mass is 10.1. The van der Waals surface area contributed by atoms with E-state index in [9.17, 15) is 22.8 Å². The number of aromatic amines is 1. The molecule has 1 aromatic heterocycles. The zero-order valence-electron chi connectivity index (χ0n) is 16.0. The SMILES string of the molecule is CC(NC(=O)CCn1[nH]c(=O)c2ccccc2c1=O)c1ccc(S(C)(=O)=O)cc1. The third-order valence-corrected chi connectivity index (χ3v) is 5.76. The summed E-state index contributed by atoms with van der Waals surface area (Å²) in [4.78, 5) is 37.0. The van der Waals surface area contributed by atoms with Crippen LogP contribution >= 0.6 is 0 Å². The molecule has 3 rings (SSSR count). The van der Waals surface area contributed by atoms with Gasteiger partial charge in [0.2, 0.25) is 5.91 Å². The second-order valence-electron chi connectivity index (χ2n) is 6.82. The van der Waals surface area contributed by atoms with E-state index in [1.54, 1.807) is 43.3 Å². The Morgan fingerprint density at radius 1 is 1.07 bits per heavy atom. The molecule has 2 N–H and O–H groups in total. The number of nitrogens with one attached hydrogen (secondary N) is 2. The van der Waals surface area contributed by atoms with Gasteiger partial charge < -0.3 is 5.32 Å². The molecule has 1 atom stereocenters. The van der Waals surface area contributed by atoms with Gasteiger partial charge >= 0.3 is 0 Å². The lowest BCUT2D eigenvalue weighted by Crippen LogP contribution is -2.33. The van der Waals surface area contributed by atoms with Crippen LogP contribution in [0.25, 0.3) is 10.8 Å². The van der Waals surface area contributed by atoms with Crippen molar-refractivity contribution in [2.45, 2.75) is 30.8 Å². The highest BCUT2D eigenvalue weighted by Gasteiger charge is 2.13. The van der Waals surface area contributed by atoms with Crippen LogP contribution in [0.3, 0.4) is 0 Å². The third kappa shape index (κ3) is 4.62. The van der Waals surface area contributed by atoms with Crippen molar-refractivity contribution in [2.24, 2.45) is 0 Å². The summed E-state index contributed by atoms with van der Waals surface area (Å²) in [6.45, 7) is 1.81. The van der Waals surface area contributed by atoms with Gasteiger partial charge in [0.15, 0.2) is 9.84 Å². The number of sulfone groups is 1. The molecule has 8 nitrogen and oxygen atoms in total. The largest absolute Gasteiger partial charge is 0.350 e. The van der Waals surface area contributed by atoms with E-state index in [0.717, 1.165) is 16.5 Å². The normalized spacial score (nSPS) is 12.6. The molecule has 9 heteroatoms. The fourth-order valence-corrected chi connectivity index (χ4v) is 3.65. The first-order chi connectivity index (χ1) is 13.7. The van der Waals surface area contributed by atoms with Gasteiger partial charge in [0.25, 0.3) is 11.1 Å². The Hall–Kier alpha value is -3.20. The topological polar surface area (TPSA) is 118 Å². The average Bonchev–Trinajstić information content (AvgIpc) is 2.69. The van der Waals surface area contributed by atoms with E-state index in [-0.39, 0.29) is 40.9 Å². The van der Waals surface area contributed by atoms with Crippen LogP contribution in [-0.4, -0.2) is 30.4 Å². The fraction of sp³-hybridized carbons (Fsp3) is 0.250. The Labute approximate surface area is 167 Å². The van der Waals surface area contributed by atoms with Gasteiger partial charge in [-0.05, 0) is 36.8 Å². The molecule has 3 aromatic rings. The first-order valence-electron chi connectivity index (χ1n) is 8.98. The predicted octanol–water partition coefficient (Wildman–Crippen LogP) is 1.36. The molecule has 1 unspecified atom stereocenters. The molecule has 0 aliphatic carbocycles. The number of rotatable bonds is 6. The second-order valence-corrected chi connectivity index (χ2v) is 8.84. The maximum atomic E-state index is 12.5. The van der Waals surface area contributed by atoms with Crippen LogP contribution in [-0.2, 0) is 21.2 Å². The van der Waals surface area contributed by atoms with Gasteiger partial charge in [-0.25, -0.2) is 13.1 Å². The molecule has 0 saturated carbocycles. The Bertz CT molecular complexity index is 1270. The van der Waals surface area contributed by atoms with E-state index in [2.05, 4.69) is 10.4 Å². The summed E-state index contributed by atoms with van der Waals surface area (Å²) in [5.41, 5.74) is -0.000571. The van der Waals surface area contributed by atoms with Crippen molar-refractivity contribution in [3.63, 3.8) is 0 Å². The lowest BCUT2D eigenvalue weighted by Gasteiger charge is -2.15. The van der Waals surface area contributed by atoms with Crippen molar-refractivity contribution in [2.75, 3.05) is 6.26 Å². The Balaban J connectivity index is 1.67. The zero-order chi connectivity index (χ0) is 21.2.